The summed E-state index contributed by atoms with van der Waals surface area (Å²) in [6, 6.07) is 3.41. The van der Waals surface area contributed by atoms with Crippen molar-refractivity contribution in [2.45, 2.75) is 44.6 Å². The predicted octanol–water partition coefficient (Wildman–Crippen LogP) is 3.44. The Kier molecular flexibility index (Phi) is 5.77. The van der Waals surface area contributed by atoms with Crippen LogP contribution in [-0.4, -0.2) is 56.3 Å². The molecule has 0 radical (unpaired) electrons. The smallest absolute Gasteiger partial charge is 0.409 e. The van der Waals surface area contributed by atoms with E-state index in [1.54, 1.807) is 24.1 Å². The number of amides is 1. The monoisotopic (exact) mass is 377 g/mol. The van der Waals surface area contributed by atoms with Gasteiger partial charge in [-0.2, -0.15) is 0 Å². The van der Waals surface area contributed by atoms with Gasteiger partial charge in [0, 0.05) is 38.1 Å². The molecule has 2 aliphatic rings. The van der Waals surface area contributed by atoms with Crippen molar-refractivity contribution in [2.75, 3.05) is 33.9 Å². The van der Waals surface area contributed by atoms with Crippen LogP contribution in [0.4, 0.5) is 4.79 Å². The van der Waals surface area contributed by atoms with Crippen LogP contribution in [0.5, 0.6) is 17.2 Å². The molecule has 2 heterocycles. The van der Waals surface area contributed by atoms with E-state index in [9.17, 15) is 9.59 Å². The zero-order chi connectivity index (χ0) is 19.4. The summed E-state index contributed by atoms with van der Waals surface area (Å²) < 4.78 is 22.2. The Bertz CT molecular complexity index is 709. The van der Waals surface area contributed by atoms with Gasteiger partial charge in [-0.15, -0.1) is 0 Å². The molecule has 148 valence electrons. The Morgan fingerprint density at radius 3 is 2.59 bits per heavy atom. The summed E-state index contributed by atoms with van der Waals surface area (Å²) in [6.07, 6.45) is 3.01. The summed E-state index contributed by atoms with van der Waals surface area (Å²) in [4.78, 5) is 26.6. The van der Waals surface area contributed by atoms with Crippen LogP contribution < -0.4 is 14.2 Å². The first-order valence-corrected chi connectivity index (χ1v) is 9.42. The van der Waals surface area contributed by atoms with Crippen molar-refractivity contribution < 1.29 is 28.5 Å². The summed E-state index contributed by atoms with van der Waals surface area (Å²) in [5.41, 5.74) is -0.132. The number of unbranched alkanes of at least 4 members (excludes halogenated alkanes) is 1. The molecule has 0 aromatic heterocycles. The number of Topliss-reactive ketones (excluding diaryl/α,β-unsaturated/α-hetero) is 1. The molecule has 27 heavy (non-hydrogen) atoms. The second-order valence-electron chi connectivity index (χ2n) is 7.04. The lowest BCUT2D eigenvalue weighted by atomic mass is 9.82. The average Bonchev–Trinajstić information content (AvgIpc) is 2.67. The van der Waals surface area contributed by atoms with Gasteiger partial charge >= 0.3 is 6.09 Å². The number of likely N-dealkylation sites (tertiary alicyclic amines) is 1. The minimum absolute atomic E-state index is 0.00488. The van der Waals surface area contributed by atoms with Gasteiger partial charge < -0.3 is 23.8 Å². The number of carbonyl (C=O) groups is 2. The zero-order valence-electron chi connectivity index (χ0n) is 16.2. The van der Waals surface area contributed by atoms with E-state index in [1.165, 1.54) is 7.11 Å². The van der Waals surface area contributed by atoms with Gasteiger partial charge in [-0.25, -0.2) is 4.79 Å². The highest BCUT2D eigenvalue weighted by Crippen LogP contribution is 2.44. The number of piperidine rings is 1. The lowest BCUT2D eigenvalue weighted by Crippen LogP contribution is -2.52. The number of hydrogen-bond donors (Lipinski definition) is 0. The number of fused-ring (bicyclic) bond motifs is 1. The van der Waals surface area contributed by atoms with E-state index >= 15 is 0 Å². The molecule has 0 unspecified atom stereocenters. The highest BCUT2D eigenvalue weighted by atomic mass is 16.6. The van der Waals surface area contributed by atoms with Crippen molar-refractivity contribution in [3.63, 3.8) is 0 Å². The fourth-order valence-electron chi connectivity index (χ4n) is 3.62. The summed E-state index contributed by atoms with van der Waals surface area (Å²) in [5.74, 6) is 1.52. The van der Waals surface area contributed by atoms with Crippen molar-refractivity contribution >= 4 is 11.9 Å². The minimum atomic E-state index is -0.596. The molecule has 7 heteroatoms. The Labute approximate surface area is 159 Å². The SMILES string of the molecule is CCCCOC(=O)N1CCC2(CC1)CC(=O)c1c(OC)cc(OC)cc1O2. The number of benzene rings is 1. The van der Waals surface area contributed by atoms with Crippen molar-refractivity contribution in [1.82, 2.24) is 4.90 Å². The van der Waals surface area contributed by atoms with Crippen LogP contribution in [0.15, 0.2) is 12.1 Å². The zero-order valence-corrected chi connectivity index (χ0v) is 16.2. The molecule has 0 N–H and O–H groups in total. The van der Waals surface area contributed by atoms with Crippen molar-refractivity contribution in [2.24, 2.45) is 0 Å². The molecule has 1 saturated heterocycles. The fourth-order valence-corrected chi connectivity index (χ4v) is 3.62. The molecule has 7 nitrogen and oxygen atoms in total. The molecule has 0 atom stereocenters. The maximum absolute atomic E-state index is 12.8. The Balaban J connectivity index is 1.72. The molecule has 3 rings (SSSR count). The van der Waals surface area contributed by atoms with E-state index in [2.05, 4.69) is 6.92 Å². The molecule has 0 aliphatic carbocycles. The predicted molar refractivity (Wildman–Crippen MR) is 98.9 cm³/mol. The molecule has 0 saturated carbocycles. The van der Waals surface area contributed by atoms with E-state index in [0.29, 0.717) is 55.4 Å². The molecular formula is C20H27NO6. The highest BCUT2D eigenvalue weighted by Gasteiger charge is 2.45. The van der Waals surface area contributed by atoms with Gasteiger partial charge in [0.15, 0.2) is 5.78 Å². The third kappa shape index (κ3) is 3.96. The largest absolute Gasteiger partial charge is 0.496 e. The first-order chi connectivity index (χ1) is 13.0. The Hall–Kier alpha value is -2.44. The van der Waals surface area contributed by atoms with Gasteiger partial charge in [-0.1, -0.05) is 13.3 Å². The van der Waals surface area contributed by atoms with Crippen LogP contribution in [-0.2, 0) is 4.74 Å². The molecule has 1 aromatic rings. The number of ketones is 1. The number of methoxy groups -OCH3 is 2. The Morgan fingerprint density at radius 2 is 1.96 bits per heavy atom. The van der Waals surface area contributed by atoms with Crippen LogP contribution in [0.1, 0.15) is 49.4 Å². The molecular weight excluding hydrogens is 350 g/mol. The van der Waals surface area contributed by atoms with E-state index in [4.69, 9.17) is 18.9 Å². The van der Waals surface area contributed by atoms with E-state index in [-0.39, 0.29) is 18.3 Å². The van der Waals surface area contributed by atoms with E-state index in [1.807, 2.05) is 0 Å². The normalized spacial score (nSPS) is 17.9. The van der Waals surface area contributed by atoms with Gasteiger partial charge in [0.25, 0.3) is 0 Å². The first-order valence-electron chi connectivity index (χ1n) is 9.42. The van der Waals surface area contributed by atoms with Gasteiger partial charge in [-0.3, -0.25) is 4.79 Å². The lowest BCUT2D eigenvalue weighted by molar-refractivity contribution is -0.00951. The average molecular weight is 377 g/mol. The van der Waals surface area contributed by atoms with E-state index < -0.39 is 5.60 Å². The second kappa shape index (κ2) is 8.06. The summed E-state index contributed by atoms with van der Waals surface area (Å²) >= 11 is 0. The number of hydrogen-bond acceptors (Lipinski definition) is 6. The third-order valence-electron chi connectivity index (χ3n) is 5.24. The van der Waals surface area contributed by atoms with Crippen LogP contribution in [0.2, 0.25) is 0 Å². The quantitative estimate of drug-likeness (QED) is 0.732. The van der Waals surface area contributed by atoms with Crippen molar-refractivity contribution in [3.05, 3.63) is 17.7 Å². The molecule has 1 aromatic carbocycles. The first kappa shape index (κ1) is 19.3. The highest BCUT2D eigenvalue weighted by molar-refractivity contribution is 6.03. The van der Waals surface area contributed by atoms with Gasteiger partial charge in [0.1, 0.15) is 28.4 Å². The standard InChI is InChI=1S/C20H27NO6/c1-4-5-10-26-19(23)21-8-6-20(7-9-21)13-15(22)18-16(25-3)11-14(24-2)12-17(18)27-20/h11-12H,4-10,13H2,1-3H3. The van der Waals surface area contributed by atoms with Crippen LogP contribution in [0.25, 0.3) is 0 Å². The molecule has 2 aliphatic heterocycles. The van der Waals surface area contributed by atoms with Gasteiger partial charge in [0.05, 0.1) is 27.2 Å². The number of carbonyl (C=O) groups excluding carboxylic acids is 2. The fraction of sp³-hybridized carbons (Fsp3) is 0.600. The molecule has 1 amide bonds. The van der Waals surface area contributed by atoms with Crippen LogP contribution >= 0.6 is 0 Å². The molecule has 1 spiro atoms. The van der Waals surface area contributed by atoms with Crippen LogP contribution in [0.3, 0.4) is 0 Å². The van der Waals surface area contributed by atoms with E-state index in [0.717, 1.165) is 12.8 Å². The lowest BCUT2D eigenvalue weighted by Gasteiger charge is -2.43. The summed E-state index contributed by atoms with van der Waals surface area (Å²) in [5, 5.41) is 0. The number of ether oxygens (including phenoxy) is 4. The summed E-state index contributed by atoms with van der Waals surface area (Å²) in [7, 11) is 3.08. The second-order valence-corrected chi connectivity index (χ2v) is 7.04. The number of rotatable bonds is 5. The summed E-state index contributed by atoms with van der Waals surface area (Å²) in [6.45, 7) is 3.51. The minimum Gasteiger partial charge on any atom is -0.496 e. The van der Waals surface area contributed by atoms with Crippen LogP contribution in [0, 0.1) is 0 Å². The van der Waals surface area contributed by atoms with Crippen molar-refractivity contribution in [3.8, 4) is 17.2 Å². The van der Waals surface area contributed by atoms with Crippen molar-refractivity contribution in [1.29, 1.82) is 0 Å². The Morgan fingerprint density at radius 1 is 1.22 bits per heavy atom. The van der Waals surface area contributed by atoms with Gasteiger partial charge in [-0.05, 0) is 6.42 Å². The molecule has 1 fully saturated rings. The topological polar surface area (TPSA) is 74.3 Å². The van der Waals surface area contributed by atoms with Gasteiger partial charge in [0.2, 0.25) is 0 Å². The third-order valence-corrected chi connectivity index (χ3v) is 5.24. The maximum atomic E-state index is 12.8. The number of nitrogens with zero attached hydrogens (tertiary/aromatic N) is 1. The molecule has 0 bridgehead atoms. The maximum Gasteiger partial charge on any atom is 0.409 e.